The fourth-order valence-corrected chi connectivity index (χ4v) is 2.38. The normalized spacial score (nSPS) is 10.6. The predicted octanol–water partition coefficient (Wildman–Crippen LogP) is 4.80. The van der Waals surface area contributed by atoms with Crippen LogP contribution in [0.1, 0.15) is 38.2 Å². The monoisotopic (exact) mass is 272 g/mol. The minimum absolute atomic E-state index is 0.00528. The third kappa shape index (κ3) is 2.57. The molecule has 2 rings (SSSR count). The topological polar surface area (TPSA) is 17.1 Å². The molecule has 0 aliphatic rings. The van der Waals surface area contributed by atoms with Gasteiger partial charge >= 0.3 is 0 Å². The van der Waals surface area contributed by atoms with Crippen molar-refractivity contribution in [2.24, 2.45) is 0 Å². The van der Waals surface area contributed by atoms with Crippen molar-refractivity contribution in [1.29, 1.82) is 0 Å². The van der Waals surface area contributed by atoms with E-state index in [4.69, 9.17) is 11.6 Å². The smallest absolute Gasteiger partial charge is 0.194 e. The number of hydrogen-bond donors (Lipinski definition) is 0. The highest BCUT2D eigenvalue weighted by molar-refractivity contribution is 6.35. The van der Waals surface area contributed by atoms with Crippen molar-refractivity contribution in [3.05, 3.63) is 68.7 Å². The molecule has 0 bridgehead atoms. The summed E-state index contributed by atoms with van der Waals surface area (Å²) in [6.07, 6.45) is 0. The molecule has 0 heterocycles. The Morgan fingerprint density at radius 1 is 0.842 bits per heavy atom. The van der Waals surface area contributed by atoms with E-state index in [-0.39, 0.29) is 5.78 Å². The van der Waals surface area contributed by atoms with Gasteiger partial charge in [0, 0.05) is 11.1 Å². The highest BCUT2D eigenvalue weighted by Gasteiger charge is 2.16. The van der Waals surface area contributed by atoms with Crippen molar-refractivity contribution >= 4 is 17.4 Å². The molecule has 1 nitrogen and oxygen atoms in total. The van der Waals surface area contributed by atoms with Gasteiger partial charge in [0.15, 0.2) is 5.78 Å². The number of carbonyl (C=O) groups excluding carboxylic acids is 1. The van der Waals surface area contributed by atoms with Gasteiger partial charge in [0.2, 0.25) is 0 Å². The van der Waals surface area contributed by atoms with Crippen molar-refractivity contribution in [1.82, 2.24) is 0 Å². The molecule has 0 fully saturated rings. The predicted molar refractivity (Wildman–Crippen MR) is 80.3 cm³/mol. The van der Waals surface area contributed by atoms with E-state index >= 15 is 0 Å². The molecular weight excluding hydrogens is 256 g/mol. The molecule has 0 aromatic heterocycles. The molecular formula is C17H17ClO. The first-order valence-electron chi connectivity index (χ1n) is 6.29. The summed E-state index contributed by atoms with van der Waals surface area (Å²) >= 11 is 6.24. The molecule has 0 amide bonds. The van der Waals surface area contributed by atoms with Crippen LogP contribution in [0.15, 0.2) is 30.3 Å². The number of carbonyl (C=O) groups is 1. The Kier molecular flexibility index (Phi) is 3.77. The fourth-order valence-electron chi connectivity index (χ4n) is 2.17. The molecule has 0 N–H and O–H groups in total. The molecule has 0 aliphatic heterocycles. The van der Waals surface area contributed by atoms with Crippen LogP contribution in [-0.4, -0.2) is 5.78 Å². The van der Waals surface area contributed by atoms with Crippen LogP contribution in [0.25, 0.3) is 0 Å². The van der Waals surface area contributed by atoms with Crippen molar-refractivity contribution < 1.29 is 4.79 Å². The molecule has 0 saturated carbocycles. The number of aryl methyl sites for hydroxylation is 4. The largest absolute Gasteiger partial charge is 0.289 e. The van der Waals surface area contributed by atoms with Gasteiger partial charge in [0.25, 0.3) is 0 Å². The second-order valence-electron chi connectivity index (χ2n) is 5.02. The quantitative estimate of drug-likeness (QED) is 0.718. The summed E-state index contributed by atoms with van der Waals surface area (Å²) in [6, 6.07) is 9.56. The van der Waals surface area contributed by atoms with Gasteiger partial charge in [0.1, 0.15) is 0 Å². The molecule has 0 atom stereocenters. The van der Waals surface area contributed by atoms with Crippen molar-refractivity contribution in [3.63, 3.8) is 0 Å². The molecule has 2 aromatic rings. The first kappa shape index (κ1) is 13.8. The Balaban J connectivity index is 2.56. The van der Waals surface area contributed by atoms with E-state index in [2.05, 4.69) is 6.92 Å². The van der Waals surface area contributed by atoms with Crippen molar-refractivity contribution in [2.45, 2.75) is 27.7 Å². The standard InChI is InChI=1S/C17H17ClO/c1-10-6-5-7-14(16(10)18)17(19)15-9-12(3)11(2)8-13(15)4/h5-9H,1-4H3. The minimum Gasteiger partial charge on any atom is -0.289 e. The molecule has 2 aromatic carbocycles. The summed E-state index contributed by atoms with van der Waals surface area (Å²) in [5.74, 6) is -0.00528. The highest BCUT2D eigenvalue weighted by Crippen LogP contribution is 2.25. The van der Waals surface area contributed by atoms with E-state index in [0.29, 0.717) is 10.6 Å². The lowest BCUT2D eigenvalue weighted by Gasteiger charge is -2.11. The Morgan fingerprint density at radius 2 is 1.47 bits per heavy atom. The van der Waals surface area contributed by atoms with Gasteiger partial charge in [-0.2, -0.15) is 0 Å². The summed E-state index contributed by atoms with van der Waals surface area (Å²) in [7, 11) is 0. The van der Waals surface area contributed by atoms with Crippen LogP contribution >= 0.6 is 11.6 Å². The Labute approximate surface area is 119 Å². The van der Waals surface area contributed by atoms with E-state index in [1.165, 1.54) is 5.56 Å². The first-order chi connectivity index (χ1) is 8.91. The lowest BCUT2D eigenvalue weighted by atomic mass is 9.94. The molecule has 0 unspecified atom stereocenters. The average molecular weight is 273 g/mol. The lowest BCUT2D eigenvalue weighted by Crippen LogP contribution is -2.06. The lowest BCUT2D eigenvalue weighted by molar-refractivity contribution is 0.103. The van der Waals surface area contributed by atoms with Crippen molar-refractivity contribution in [3.8, 4) is 0 Å². The van der Waals surface area contributed by atoms with Gasteiger partial charge in [-0.15, -0.1) is 0 Å². The summed E-state index contributed by atoms with van der Waals surface area (Å²) in [6.45, 7) is 7.94. The number of benzene rings is 2. The van der Waals surface area contributed by atoms with Gasteiger partial charge in [-0.25, -0.2) is 0 Å². The Morgan fingerprint density at radius 3 is 2.16 bits per heavy atom. The van der Waals surface area contributed by atoms with E-state index in [1.807, 2.05) is 45.0 Å². The van der Waals surface area contributed by atoms with Crippen LogP contribution < -0.4 is 0 Å². The maximum absolute atomic E-state index is 12.6. The van der Waals surface area contributed by atoms with Gasteiger partial charge in [0.05, 0.1) is 5.02 Å². The number of halogens is 1. The van der Waals surface area contributed by atoms with Crippen LogP contribution in [0.5, 0.6) is 0 Å². The van der Waals surface area contributed by atoms with Gasteiger partial charge in [-0.3, -0.25) is 4.79 Å². The van der Waals surface area contributed by atoms with Crippen LogP contribution in [0.3, 0.4) is 0 Å². The molecule has 0 aliphatic carbocycles. The summed E-state index contributed by atoms with van der Waals surface area (Å²) in [5.41, 5.74) is 5.55. The molecule has 0 saturated heterocycles. The maximum atomic E-state index is 12.6. The molecule has 0 spiro atoms. The maximum Gasteiger partial charge on any atom is 0.194 e. The van der Waals surface area contributed by atoms with Crippen molar-refractivity contribution in [2.75, 3.05) is 0 Å². The summed E-state index contributed by atoms with van der Waals surface area (Å²) < 4.78 is 0. The SMILES string of the molecule is Cc1cc(C)c(C(=O)c2cccc(C)c2Cl)cc1C. The molecule has 98 valence electrons. The van der Waals surface area contributed by atoms with E-state index in [1.54, 1.807) is 6.07 Å². The minimum atomic E-state index is -0.00528. The van der Waals surface area contributed by atoms with Crippen LogP contribution in [-0.2, 0) is 0 Å². The van der Waals surface area contributed by atoms with Crippen LogP contribution in [0, 0.1) is 27.7 Å². The van der Waals surface area contributed by atoms with Crippen LogP contribution in [0.2, 0.25) is 5.02 Å². The first-order valence-corrected chi connectivity index (χ1v) is 6.67. The zero-order chi connectivity index (χ0) is 14.2. The second-order valence-corrected chi connectivity index (χ2v) is 5.39. The van der Waals surface area contributed by atoms with E-state index < -0.39 is 0 Å². The zero-order valence-corrected chi connectivity index (χ0v) is 12.4. The fraction of sp³-hybridized carbons (Fsp3) is 0.235. The van der Waals surface area contributed by atoms with E-state index in [0.717, 1.165) is 22.3 Å². The van der Waals surface area contributed by atoms with Gasteiger partial charge < -0.3 is 0 Å². The average Bonchev–Trinajstić information content (AvgIpc) is 2.36. The zero-order valence-electron chi connectivity index (χ0n) is 11.7. The number of ketones is 1. The molecule has 0 radical (unpaired) electrons. The second kappa shape index (κ2) is 5.18. The number of rotatable bonds is 2. The molecule has 19 heavy (non-hydrogen) atoms. The third-order valence-corrected chi connectivity index (χ3v) is 4.02. The Bertz CT molecular complexity index is 657. The highest BCUT2D eigenvalue weighted by atomic mass is 35.5. The summed E-state index contributed by atoms with van der Waals surface area (Å²) in [4.78, 5) is 12.6. The Hall–Kier alpha value is -1.60. The van der Waals surface area contributed by atoms with Crippen LogP contribution in [0.4, 0.5) is 0 Å². The third-order valence-electron chi connectivity index (χ3n) is 3.52. The van der Waals surface area contributed by atoms with Gasteiger partial charge in [-0.05, 0) is 62.1 Å². The molecule has 2 heteroatoms. The van der Waals surface area contributed by atoms with Gasteiger partial charge in [-0.1, -0.05) is 29.8 Å². The van der Waals surface area contributed by atoms with E-state index in [9.17, 15) is 4.79 Å². The number of hydrogen-bond acceptors (Lipinski definition) is 1. The summed E-state index contributed by atoms with van der Waals surface area (Å²) in [5, 5.41) is 0.546.